The molecule has 0 saturated heterocycles. The average Bonchev–Trinajstić information content (AvgIpc) is 2.95. The maximum absolute atomic E-state index is 11.7. The number of esters is 2. The van der Waals surface area contributed by atoms with Gasteiger partial charge in [0.05, 0.1) is 66.1 Å². The first-order chi connectivity index (χ1) is 20.1. The zero-order valence-corrected chi connectivity index (χ0v) is 25.4. The van der Waals surface area contributed by atoms with Gasteiger partial charge in [0, 0.05) is 19.3 Å². The molecular formula is C30H56O11. The van der Waals surface area contributed by atoms with Gasteiger partial charge in [0.2, 0.25) is 0 Å². The van der Waals surface area contributed by atoms with Gasteiger partial charge in [-0.25, -0.2) is 0 Å². The first kappa shape index (κ1) is 39.2. The third kappa shape index (κ3) is 34.3. The van der Waals surface area contributed by atoms with E-state index in [1.807, 2.05) is 0 Å². The zero-order chi connectivity index (χ0) is 30.1. The van der Waals surface area contributed by atoms with Crippen LogP contribution in [0, 0.1) is 0 Å². The van der Waals surface area contributed by atoms with Crippen molar-refractivity contribution in [2.45, 2.75) is 96.8 Å². The van der Waals surface area contributed by atoms with Crippen molar-refractivity contribution in [3.63, 3.8) is 0 Å². The smallest absolute Gasteiger partial charge is 0.305 e. The summed E-state index contributed by atoms with van der Waals surface area (Å²) in [6.07, 6.45) is 12.8. The highest BCUT2D eigenvalue weighted by Gasteiger charge is 2.05. The minimum Gasteiger partial charge on any atom is -0.481 e. The van der Waals surface area contributed by atoms with Crippen LogP contribution in [0.1, 0.15) is 96.8 Å². The first-order valence-electron chi connectivity index (χ1n) is 15.5. The van der Waals surface area contributed by atoms with Gasteiger partial charge < -0.3 is 38.3 Å². The molecule has 41 heavy (non-hydrogen) atoms. The van der Waals surface area contributed by atoms with E-state index in [-0.39, 0.29) is 44.6 Å². The lowest BCUT2D eigenvalue weighted by molar-refractivity contribution is -0.146. The zero-order valence-electron chi connectivity index (χ0n) is 25.4. The molecule has 0 unspecified atom stereocenters. The van der Waals surface area contributed by atoms with Gasteiger partial charge in [0.25, 0.3) is 0 Å². The maximum atomic E-state index is 11.7. The second-order valence-corrected chi connectivity index (χ2v) is 9.68. The van der Waals surface area contributed by atoms with Crippen LogP contribution in [0.25, 0.3) is 0 Å². The Kier molecular flexibility index (Phi) is 31.3. The van der Waals surface area contributed by atoms with Crippen molar-refractivity contribution in [3.05, 3.63) is 0 Å². The van der Waals surface area contributed by atoms with Crippen LogP contribution in [-0.4, -0.2) is 102 Å². The molecule has 242 valence electrons. The van der Waals surface area contributed by atoms with Crippen molar-refractivity contribution in [2.75, 3.05) is 79.3 Å². The Morgan fingerprint density at radius 3 is 1.07 bits per heavy atom. The number of aliphatic carboxylic acids is 1. The number of hydrogen-bond acceptors (Lipinski definition) is 10. The van der Waals surface area contributed by atoms with Crippen LogP contribution < -0.4 is 0 Å². The lowest BCUT2D eigenvalue weighted by Gasteiger charge is -2.08. The molecule has 0 heterocycles. The van der Waals surface area contributed by atoms with E-state index in [4.69, 9.17) is 38.3 Å². The van der Waals surface area contributed by atoms with E-state index in [9.17, 15) is 14.4 Å². The molecule has 11 nitrogen and oxygen atoms in total. The fraction of sp³-hybridized carbons (Fsp3) is 0.900. The quantitative estimate of drug-likeness (QED) is 0.0837. The van der Waals surface area contributed by atoms with Crippen LogP contribution in [0.15, 0.2) is 0 Å². The largest absolute Gasteiger partial charge is 0.481 e. The third-order valence-electron chi connectivity index (χ3n) is 5.98. The number of ether oxygens (including phenoxy) is 7. The minimum atomic E-state index is -0.862. The van der Waals surface area contributed by atoms with Crippen molar-refractivity contribution in [1.29, 1.82) is 0 Å². The number of carbonyl (C=O) groups is 3. The van der Waals surface area contributed by atoms with Crippen LogP contribution in [-0.2, 0) is 47.5 Å². The van der Waals surface area contributed by atoms with Crippen molar-refractivity contribution in [1.82, 2.24) is 0 Å². The van der Waals surface area contributed by atoms with Gasteiger partial charge in [-0.15, -0.1) is 0 Å². The fourth-order valence-electron chi connectivity index (χ4n) is 3.68. The van der Waals surface area contributed by atoms with E-state index in [0.29, 0.717) is 78.7 Å². The van der Waals surface area contributed by atoms with Crippen LogP contribution in [0.3, 0.4) is 0 Å². The molecule has 0 bridgehead atoms. The van der Waals surface area contributed by atoms with E-state index < -0.39 is 5.97 Å². The number of unbranched alkanes of at least 4 members (excludes halogenated alkanes) is 9. The summed E-state index contributed by atoms with van der Waals surface area (Å²) < 4.78 is 37.2. The Bertz CT molecular complexity index is 601. The van der Waals surface area contributed by atoms with Gasteiger partial charge in [0.1, 0.15) is 13.2 Å². The normalized spacial score (nSPS) is 11.0. The molecule has 0 radical (unpaired) electrons. The Balaban J connectivity index is 3.19. The topological polar surface area (TPSA) is 136 Å². The summed E-state index contributed by atoms with van der Waals surface area (Å²) in [6, 6.07) is 0. The predicted molar refractivity (Wildman–Crippen MR) is 154 cm³/mol. The van der Waals surface area contributed by atoms with Crippen molar-refractivity contribution in [2.24, 2.45) is 0 Å². The van der Waals surface area contributed by atoms with Gasteiger partial charge in [0.15, 0.2) is 0 Å². The number of carboxylic acid groups (broad SMARTS) is 1. The summed E-state index contributed by atoms with van der Waals surface area (Å²) in [5.41, 5.74) is 0. The highest BCUT2D eigenvalue weighted by atomic mass is 16.6. The second kappa shape index (κ2) is 32.7. The molecule has 0 aromatic heterocycles. The number of carboxylic acids is 1. The second-order valence-electron chi connectivity index (χ2n) is 9.68. The van der Waals surface area contributed by atoms with Crippen molar-refractivity contribution in [3.8, 4) is 0 Å². The molecule has 0 aromatic carbocycles. The van der Waals surface area contributed by atoms with E-state index in [1.54, 1.807) is 0 Å². The van der Waals surface area contributed by atoms with Gasteiger partial charge in [-0.3, -0.25) is 14.4 Å². The van der Waals surface area contributed by atoms with Crippen molar-refractivity contribution >= 4 is 17.9 Å². The van der Waals surface area contributed by atoms with E-state index in [1.165, 1.54) is 44.9 Å². The van der Waals surface area contributed by atoms with Gasteiger partial charge in [-0.2, -0.15) is 0 Å². The van der Waals surface area contributed by atoms with Gasteiger partial charge in [-0.05, 0) is 19.3 Å². The van der Waals surface area contributed by atoms with E-state index in [2.05, 4.69) is 6.92 Å². The molecule has 0 atom stereocenters. The molecule has 0 rings (SSSR count). The third-order valence-corrected chi connectivity index (χ3v) is 5.98. The molecule has 0 aliphatic heterocycles. The molecule has 11 heteroatoms. The highest BCUT2D eigenvalue weighted by molar-refractivity contribution is 5.70. The lowest BCUT2D eigenvalue weighted by Crippen LogP contribution is -2.15. The Labute approximate surface area is 246 Å². The molecule has 0 saturated carbocycles. The van der Waals surface area contributed by atoms with Crippen molar-refractivity contribution < 1.29 is 52.6 Å². The summed E-state index contributed by atoms with van der Waals surface area (Å²) in [5.74, 6) is -1.36. The standard InChI is InChI=1S/C30H56O11/c1-2-3-4-5-6-7-8-9-10-14-29(33)40-26-24-38-22-20-36-18-16-35-17-19-37-21-23-39-25-27-41-30(34)15-12-11-13-28(31)32/h2-27H2,1H3,(H,31,32). The molecule has 0 aromatic rings. The summed E-state index contributed by atoms with van der Waals surface area (Å²) in [5, 5.41) is 8.54. The summed E-state index contributed by atoms with van der Waals surface area (Å²) in [6.45, 7) is 6.80. The number of hydrogen-bond donors (Lipinski definition) is 1. The van der Waals surface area contributed by atoms with Crippen LogP contribution >= 0.6 is 0 Å². The van der Waals surface area contributed by atoms with Crippen LogP contribution in [0.4, 0.5) is 0 Å². The summed E-state index contributed by atoms with van der Waals surface area (Å²) in [7, 11) is 0. The highest BCUT2D eigenvalue weighted by Crippen LogP contribution is 2.10. The molecule has 0 spiro atoms. The first-order valence-corrected chi connectivity index (χ1v) is 15.5. The van der Waals surface area contributed by atoms with E-state index >= 15 is 0 Å². The molecule has 0 aliphatic rings. The number of carbonyl (C=O) groups excluding carboxylic acids is 2. The van der Waals surface area contributed by atoms with Crippen LogP contribution in [0.5, 0.6) is 0 Å². The van der Waals surface area contributed by atoms with Gasteiger partial charge in [-0.1, -0.05) is 58.3 Å². The molecular weight excluding hydrogens is 536 g/mol. The average molecular weight is 593 g/mol. The van der Waals surface area contributed by atoms with E-state index in [0.717, 1.165) is 12.8 Å². The molecule has 0 fully saturated rings. The molecule has 0 amide bonds. The minimum absolute atomic E-state index is 0.0618. The summed E-state index contributed by atoms with van der Waals surface area (Å²) in [4.78, 5) is 33.6. The number of rotatable bonds is 33. The lowest BCUT2D eigenvalue weighted by atomic mass is 10.1. The van der Waals surface area contributed by atoms with Crippen LogP contribution in [0.2, 0.25) is 0 Å². The molecule has 0 aliphatic carbocycles. The Morgan fingerprint density at radius 2 is 0.707 bits per heavy atom. The monoisotopic (exact) mass is 592 g/mol. The summed E-state index contributed by atoms with van der Waals surface area (Å²) >= 11 is 0. The Hall–Kier alpha value is -1.79. The fourth-order valence-corrected chi connectivity index (χ4v) is 3.68. The Morgan fingerprint density at radius 1 is 0.415 bits per heavy atom. The SMILES string of the molecule is CCCCCCCCCCCC(=O)OCCOCCOCCOCCOCCOCCOC(=O)CCCCC(=O)O. The van der Waals surface area contributed by atoms with Gasteiger partial charge >= 0.3 is 17.9 Å². The maximum Gasteiger partial charge on any atom is 0.305 e. The predicted octanol–water partition coefficient (Wildman–Crippen LogP) is 4.72. The molecule has 1 N–H and O–H groups in total.